The maximum atomic E-state index is 6.30. The molecule has 1 saturated heterocycles. The molecule has 19 heavy (non-hydrogen) atoms. The van der Waals surface area contributed by atoms with E-state index in [1.807, 2.05) is 6.07 Å². The highest BCUT2D eigenvalue weighted by molar-refractivity contribution is 5.16. The Bertz CT molecular complexity index is 376. The molecule has 3 atom stereocenters. The van der Waals surface area contributed by atoms with Gasteiger partial charge in [0, 0.05) is 12.3 Å². The Morgan fingerprint density at radius 1 is 1.21 bits per heavy atom. The van der Waals surface area contributed by atoms with E-state index < -0.39 is 5.79 Å². The molecule has 1 heterocycles. The van der Waals surface area contributed by atoms with E-state index in [4.69, 9.17) is 9.47 Å². The number of hydrogen-bond donors (Lipinski definition) is 0. The minimum absolute atomic E-state index is 0.345. The van der Waals surface area contributed by atoms with Gasteiger partial charge in [-0.25, -0.2) is 0 Å². The standard InChI is InChI=1S/C17H26O2/c1-4-9-16-15(5-2)13-18-17(3,19-16)12-14-10-7-6-8-11-14/h6-8,10-11,15-16H,4-5,9,12-13H2,1-3H3/t15-,16-,17-/m1/s1. The summed E-state index contributed by atoms with van der Waals surface area (Å²) in [5, 5.41) is 0. The summed E-state index contributed by atoms with van der Waals surface area (Å²) in [5.41, 5.74) is 1.27. The molecule has 2 nitrogen and oxygen atoms in total. The van der Waals surface area contributed by atoms with Gasteiger partial charge < -0.3 is 9.47 Å². The van der Waals surface area contributed by atoms with Crippen molar-refractivity contribution in [3.63, 3.8) is 0 Å². The quantitative estimate of drug-likeness (QED) is 0.792. The summed E-state index contributed by atoms with van der Waals surface area (Å²) in [5.74, 6) is 0.0798. The Balaban J connectivity index is 2.03. The third-order valence-corrected chi connectivity index (χ3v) is 3.99. The number of benzene rings is 1. The number of rotatable bonds is 5. The molecule has 0 unspecified atom stereocenters. The average Bonchev–Trinajstić information content (AvgIpc) is 2.40. The summed E-state index contributed by atoms with van der Waals surface area (Å²) in [4.78, 5) is 0. The van der Waals surface area contributed by atoms with Crippen LogP contribution in [0.4, 0.5) is 0 Å². The van der Waals surface area contributed by atoms with Crippen LogP contribution in [-0.4, -0.2) is 18.5 Å². The average molecular weight is 262 g/mol. The highest BCUT2D eigenvalue weighted by atomic mass is 16.7. The first-order valence-electron chi connectivity index (χ1n) is 7.52. The zero-order valence-electron chi connectivity index (χ0n) is 12.4. The van der Waals surface area contributed by atoms with Gasteiger partial charge in [-0.1, -0.05) is 50.6 Å². The first-order valence-corrected chi connectivity index (χ1v) is 7.52. The van der Waals surface area contributed by atoms with Crippen molar-refractivity contribution in [2.24, 2.45) is 5.92 Å². The molecule has 106 valence electrons. The van der Waals surface area contributed by atoms with Gasteiger partial charge in [-0.05, 0) is 25.3 Å². The Labute approximate surface area is 117 Å². The van der Waals surface area contributed by atoms with Crippen molar-refractivity contribution >= 4 is 0 Å². The van der Waals surface area contributed by atoms with E-state index >= 15 is 0 Å². The zero-order valence-corrected chi connectivity index (χ0v) is 12.4. The first kappa shape index (κ1) is 14.5. The number of ether oxygens (including phenoxy) is 2. The van der Waals surface area contributed by atoms with Gasteiger partial charge in [0.2, 0.25) is 0 Å². The molecule has 1 aliphatic rings. The topological polar surface area (TPSA) is 18.5 Å². The van der Waals surface area contributed by atoms with E-state index in [1.54, 1.807) is 0 Å². The van der Waals surface area contributed by atoms with E-state index in [1.165, 1.54) is 12.0 Å². The van der Waals surface area contributed by atoms with E-state index in [2.05, 4.69) is 45.0 Å². The Morgan fingerprint density at radius 2 is 1.95 bits per heavy atom. The monoisotopic (exact) mass is 262 g/mol. The van der Waals surface area contributed by atoms with Gasteiger partial charge in [-0.15, -0.1) is 0 Å². The Hall–Kier alpha value is -0.860. The van der Waals surface area contributed by atoms with E-state index in [0.717, 1.165) is 25.9 Å². The summed E-state index contributed by atoms with van der Waals surface area (Å²) in [7, 11) is 0. The molecule has 0 radical (unpaired) electrons. The zero-order chi connectivity index (χ0) is 13.7. The van der Waals surface area contributed by atoms with Gasteiger partial charge in [-0.3, -0.25) is 0 Å². The largest absolute Gasteiger partial charge is 0.349 e. The molecule has 1 aliphatic heterocycles. The van der Waals surface area contributed by atoms with Crippen molar-refractivity contribution in [3.8, 4) is 0 Å². The third kappa shape index (κ3) is 3.80. The van der Waals surface area contributed by atoms with Crippen LogP contribution >= 0.6 is 0 Å². The highest BCUT2D eigenvalue weighted by Gasteiger charge is 2.38. The summed E-state index contributed by atoms with van der Waals surface area (Å²) >= 11 is 0. The normalized spacial score (nSPS) is 31.3. The fourth-order valence-electron chi connectivity index (χ4n) is 2.86. The van der Waals surface area contributed by atoms with Crippen molar-refractivity contribution in [1.29, 1.82) is 0 Å². The van der Waals surface area contributed by atoms with Crippen molar-refractivity contribution in [3.05, 3.63) is 35.9 Å². The van der Waals surface area contributed by atoms with Crippen molar-refractivity contribution in [1.82, 2.24) is 0 Å². The predicted octanol–water partition coefficient (Wildman–Crippen LogP) is 4.19. The molecule has 1 aromatic carbocycles. The lowest BCUT2D eigenvalue weighted by Gasteiger charge is -2.43. The molecule has 2 rings (SSSR count). The minimum atomic E-state index is -0.465. The molecule has 1 aromatic rings. The third-order valence-electron chi connectivity index (χ3n) is 3.99. The molecule has 0 aromatic heterocycles. The lowest BCUT2D eigenvalue weighted by Crippen LogP contribution is -2.48. The van der Waals surface area contributed by atoms with Crippen LogP contribution in [0.3, 0.4) is 0 Å². The molecular weight excluding hydrogens is 236 g/mol. The Morgan fingerprint density at radius 3 is 2.58 bits per heavy atom. The molecule has 2 heteroatoms. The minimum Gasteiger partial charge on any atom is -0.349 e. The van der Waals surface area contributed by atoms with Gasteiger partial charge >= 0.3 is 0 Å². The molecule has 0 aliphatic carbocycles. The van der Waals surface area contributed by atoms with Crippen LogP contribution in [0.1, 0.15) is 45.6 Å². The molecule has 0 bridgehead atoms. The van der Waals surface area contributed by atoms with Crippen LogP contribution < -0.4 is 0 Å². The summed E-state index contributed by atoms with van der Waals surface area (Å²) in [6, 6.07) is 10.5. The summed E-state index contributed by atoms with van der Waals surface area (Å²) in [6.45, 7) is 7.35. The van der Waals surface area contributed by atoms with Gasteiger partial charge in [0.1, 0.15) is 0 Å². The number of hydrogen-bond acceptors (Lipinski definition) is 2. The highest BCUT2D eigenvalue weighted by Crippen LogP contribution is 2.33. The second-order valence-electron chi connectivity index (χ2n) is 5.72. The summed E-state index contributed by atoms with van der Waals surface area (Å²) < 4.78 is 12.3. The predicted molar refractivity (Wildman–Crippen MR) is 78.1 cm³/mol. The van der Waals surface area contributed by atoms with Crippen LogP contribution in [0.15, 0.2) is 30.3 Å². The van der Waals surface area contributed by atoms with Gasteiger partial charge in [0.05, 0.1) is 12.7 Å². The second-order valence-corrected chi connectivity index (χ2v) is 5.72. The maximum absolute atomic E-state index is 6.30. The van der Waals surface area contributed by atoms with Crippen molar-refractivity contribution in [2.75, 3.05) is 6.61 Å². The molecule has 0 saturated carbocycles. The van der Waals surface area contributed by atoms with Gasteiger partial charge in [0.25, 0.3) is 0 Å². The fraction of sp³-hybridized carbons (Fsp3) is 0.647. The van der Waals surface area contributed by atoms with Crippen LogP contribution in [0.25, 0.3) is 0 Å². The van der Waals surface area contributed by atoms with Crippen molar-refractivity contribution < 1.29 is 9.47 Å². The molecule has 0 N–H and O–H groups in total. The molecular formula is C17H26O2. The Kier molecular flexibility index (Phi) is 5.00. The van der Waals surface area contributed by atoms with Gasteiger partial charge in [0.15, 0.2) is 5.79 Å². The second kappa shape index (κ2) is 6.53. The summed E-state index contributed by atoms with van der Waals surface area (Å²) in [6.07, 6.45) is 4.60. The van der Waals surface area contributed by atoms with Crippen LogP contribution in [-0.2, 0) is 15.9 Å². The molecule has 1 fully saturated rings. The SMILES string of the molecule is CCC[C@H]1O[C@](C)(Cc2ccccc2)OC[C@H]1CC. The first-order chi connectivity index (χ1) is 9.17. The molecule has 0 spiro atoms. The van der Waals surface area contributed by atoms with E-state index in [9.17, 15) is 0 Å². The molecule has 0 amide bonds. The lowest BCUT2D eigenvalue weighted by molar-refractivity contribution is -0.302. The lowest BCUT2D eigenvalue weighted by atomic mass is 9.94. The smallest absolute Gasteiger partial charge is 0.169 e. The van der Waals surface area contributed by atoms with Crippen LogP contribution in [0.2, 0.25) is 0 Å². The fourth-order valence-corrected chi connectivity index (χ4v) is 2.86. The van der Waals surface area contributed by atoms with Crippen LogP contribution in [0, 0.1) is 5.92 Å². The van der Waals surface area contributed by atoms with Crippen molar-refractivity contribution in [2.45, 2.75) is 58.3 Å². The van der Waals surface area contributed by atoms with E-state index in [0.29, 0.717) is 12.0 Å². The maximum Gasteiger partial charge on any atom is 0.169 e. The van der Waals surface area contributed by atoms with Crippen LogP contribution in [0.5, 0.6) is 0 Å². The van der Waals surface area contributed by atoms with Gasteiger partial charge in [-0.2, -0.15) is 0 Å². The van der Waals surface area contributed by atoms with E-state index in [-0.39, 0.29) is 0 Å².